The molecule has 3 heteroatoms. The van der Waals surface area contributed by atoms with E-state index in [0.29, 0.717) is 5.92 Å². The van der Waals surface area contributed by atoms with Gasteiger partial charge in [0.05, 0.1) is 0 Å². The summed E-state index contributed by atoms with van der Waals surface area (Å²) in [4.78, 5) is 0. The fraction of sp³-hybridized carbons (Fsp3) is 0.833. The number of ether oxygens (including phenoxy) is 2. The van der Waals surface area contributed by atoms with Crippen molar-refractivity contribution >= 4 is 0 Å². The van der Waals surface area contributed by atoms with Crippen molar-refractivity contribution in [3.8, 4) is 0 Å². The second kappa shape index (κ2) is 3.22. The molecule has 3 nitrogen and oxygen atoms in total. The van der Waals surface area contributed by atoms with Gasteiger partial charge in [0.15, 0.2) is 0 Å². The fourth-order valence-corrected chi connectivity index (χ4v) is 2.99. The maximum absolute atomic E-state index is 5.88. The van der Waals surface area contributed by atoms with Crippen molar-refractivity contribution < 1.29 is 9.47 Å². The van der Waals surface area contributed by atoms with Gasteiger partial charge in [0.25, 0.3) is 0 Å². The Bertz CT molecular complexity index is 298. The van der Waals surface area contributed by atoms with Crippen LogP contribution in [0.15, 0.2) is 11.8 Å². The lowest BCUT2D eigenvalue weighted by Gasteiger charge is -2.34. The van der Waals surface area contributed by atoms with Gasteiger partial charge in [-0.1, -0.05) is 0 Å². The molecule has 3 unspecified atom stereocenters. The Morgan fingerprint density at radius 1 is 1.47 bits per heavy atom. The number of hydrogen-bond acceptors (Lipinski definition) is 3. The Balaban J connectivity index is 1.83. The Morgan fingerprint density at radius 3 is 3.20 bits per heavy atom. The predicted molar refractivity (Wildman–Crippen MR) is 57.2 cm³/mol. The monoisotopic (exact) mass is 209 g/mol. The molecule has 2 fully saturated rings. The van der Waals surface area contributed by atoms with E-state index < -0.39 is 5.79 Å². The van der Waals surface area contributed by atoms with E-state index in [9.17, 15) is 0 Å². The summed E-state index contributed by atoms with van der Waals surface area (Å²) in [5.41, 5.74) is 0. The molecule has 3 aliphatic rings. The van der Waals surface area contributed by atoms with Crippen LogP contribution < -0.4 is 5.32 Å². The van der Waals surface area contributed by atoms with Gasteiger partial charge in [-0.05, 0) is 43.8 Å². The fourth-order valence-electron chi connectivity index (χ4n) is 2.99. The molecular formula is C12H19NO2. The Kier molecular flexibility index (Phi) is 2.08. The molecular weight excluding hydrogens is 190 g/mol. The third-order valence-corrected chi connectivity index (χ3v) is 3.67. The van der Waals surface area contributed by atoms with Crippen LogP contribution in [0.5, 0.6) is 0 Å². The molecule has 0 saturated carbocycles. The summed E-state index contributed by atoms with van der Waals surface area (Å²) < 4.78 is 11.7. The first-order valence-corrected chi connectivity index (χ1v) is 5.93. The maximum atomic E-state index is 5.88. The zero-order chi connectivity index (χ0) is 10.5. The second-order valence-corrected chi connectivity index (χ2v) is 5.33. The first-order chi connectivity index (χ1) is 7.14. The van der Waals surface area contributed by atoms with E-state index in [1.807, 2.05) is 13.8 Å². The molecule has 0 aromatic carbocycles. The van der Waals surface area contributed by atoms with Crippen molar-refractivity contribution in [3.05, 3.63) is 11.8 Å². The van der Waals surface area contributed by atoms with Gasteiger partial charge in [0.2, 0.25) is 5.79 Å². The summed E-state index contributed by atoms with van der Waals surface area (Å²) in [6.07, 6.45) is 4.88. The maximum Gasteiger partial charge on any atom is 0.205 e. The Morgan fingerprint density at radius 2 is 2.33 bits per heavy atom. The standard InChI is InChI=1S/C12H19NO2/c1-12(2)14-10-5-8-3-4-13-7-9(8)6-11(10)15-12/h5,8-9,11,13H,3-4,6-7H2,1-2H3. The molecule has 0 aromatic rings. The topological polar surface area (TPSA) is 30.5 Å². The van der Waals surface area contributed by atoms with E-state index in [-0.39, 0.29) is 6.10 Å². The quantitative estimate of drug-likeness (QED) is 0.658. The summed E-state index contributed by atoms with van der Waals surface area (Å²) in [6, 6.07) is 0. The third-order valence-electron chi connectivity index (χ3n) is 3.67. The average Bonchev–Trinajstić information content (AvgIpc) is 2.46. The minimum absolute atomic E-state index is 0.209. The van der Waals surface area contributed by atoms with Gasteiger partial charge in [-0.3, -0.25) is 0 Å². The molecule has 0 amide bonds. The van der Waals surface area contributed by atoms with E-state index >= 15 is 0 Å². The van der Waals surface area contributed by atoms with Gasteiger partial charge in [0.1, 0.15) is 11.9 Å². The van der Waals surface area contributed by atoms with Crippen molar-refractivity contribution in [1.82, 2.24) is 5.32 Å². The average molecular weight is 209 g/mol. The van der Waals surface area contributed by atoms with Crippen LogP contribution in [0, 0.1) is 11.8 Å². The van der Waals surface area contributed by atoms with Gasteiger partial charge in [-0.25, -0.2) is 0 Å². The highest BCUT2D eigenvalue weighted by Crippen LogP contribution is 2.41. The molecule has 0 bridgehead atoms. The minimum atomic E-state index is -0.419. The zero-order valence-electron chi connectivity index (χ0n) is 9.45. The lowest BCUT2D eigenvalue weighted by molar-refractivity contribution is -0.134. The van der Waals surface area contributed by atoms with Crippen LogP contribution in [0.25, 0.3) is 0 Å². The number of piperidine rings is 1. The largest absolute Gasteiger partial charge is 0.465 e. The van der Waals surface area contributed by atoms with E-state index in [1.54, 1.807) is 0 Å². The first kappa shape index (κ1) is 9.67. The van der Waals surface area contributed by atoms with Gasteiger partial charge in [-0.2, -0.15) is 0 Å². The second-order valence-electron chi connectivity index (χ2n) is 5.33. The molecule has 2 aliphatic heterocycles. The van der Waals surface area contributed by atoms with Crippen molar-refractivity contribution in [3.63, 3.8) is 0 Å². The van der Waals surface area contributed by atoms with E-state index in [4.69, 9.17) is 9.47 Å². The van der Waals surface area contributed by atoms with Crippen LogP contribution >= 0.6 is 0 Å². The smallest absolute Gasteiger partial charge is 0.205 e. The van der Waals surface area contributed by atoms with Crippen LogP contribution in [0.4, 0.5) is 0 Å². The molecule has 3 atom stereocenters. The third kappa shape index (κ3) is 1.68. The number of nitrogens with one attached hydrogen (secondary N) is 1. The molecule has 0 aromatic heterocycles. The normalized spacial score (nSPS) is 42.5. The SMILES string of the molecule is CC1(C)OC2=CC3CCNCC3CC2O1. The summed E-state index contributed by atoms with van der Waals surface area (Å²) >= 11 is 0. The molecule has 84 valence electrons. The number of rotatable bonds is 0. The Hall–Kier alpha value is -0.540. The molecule has 0 spiro atoms. The summed E-state index contributed by atoms with van der Waals surface area (Å²) in [5, 5.41) is 3.46. The van der Waals surface area contributed by atoms with E-state index in [2.05, 4.69) is 11.4 Å². The summed E-state index contributed by atoms with van der Waals surface area (Å²) in [5.74, 6) is 2.11. The molecule has 1 aliphatic carbocycles. The summed E-state index contributed by atoms with van der Waals surface area (Å²) in [7, 11) is 0. The molecule has 1 N–H and O–H groups in total. The van der Waals surface area contributed by atoms with Crippen molar-refractivity contribution in [2.24, 2.45) is 11.8 Å². The van der Waals surface area contributed by atoms with Gasteiger partial charge in [-0.15, -0.1) is 0 Å². The van der Waals surface area contributed by atoms with E-state index in [0.717, 1.165) is 31.2 Å². The molecule has 2 heterocycles. The van der Waals surface area contributed by atoms with Crippen LogP contribution in [0.1, 0.15) is 26.7 Å². The van der Waals surface area contributed by atoms with Crippen LogP contribution in [0.2, 0.25) is 0 Å². The first-order valence-electron chi connectivity index (χ1n) is 5.93. The van der Waals surface area contributed by atoms with Crippen molar-refractivity contribution in [1.29, 1.82) is 0 Å². The van der Waals surface area contributed by atoms with Gasteiger partial charge < -0.3 is 14.8 Å². The number of hydrogen-bond donors (Lipinski definition) is 1. The zero-order valence-corrected chi connectivity index (χ0v) is 9.45. The van der Waals surface area contributed by atoms with Gasteiger partial charge in [0, 0.05) is 13.8 Å². The molecule has 0 radical (unpaired) electrons. The van der Waals surface area contributed by atoms with Crippen LogP contribution in [-0.4, -0.2) is 25.0 Å². The molecule has 3 rings (SSSR count). The predicted octanol–water partition coefficient (Wildman–Crippen LogP) is 1.65. The lowest BCUT2D eigenvalue weighted by atomic mass is 9.78. The number of fused-ring (bicyclic) bond motifs is 2. The lowest BCUT2D eigenvalue weighted by Crippen LogP contribution is -2.40. The molecule has 15 heavy (non-hydrogen) atoms. The highest BCUT2D eigenvalue weighted by molar-refractivity contribution is 5.14. The van der Waals surface area contributed by atoms with Gasteiger partial charge >= 0.3 is 0 Å². The van der Waals surface area contributed by atoms with E-state index in [1.165, 1.54) is 6.42 Å². The minimum Gasteiger partial charge on any atom is -0.465 e. The number of allylic oxidation sites excluding steroid dienone is 1. The van der Waals surface area contributed by atoms with Crippen molar-refractivity contribution in [2.75, 3.05) is 13.1 Å². The highest BCUT2D eigenvalue weighted by atomic mass is 16.7. The van der Waals surface area contributed by atoms with Crippen LogP contribution in [0.3, 0.4) is 0 Å². The highest BCUT2D eigenvalue weighted by Gasteiger charge is 2.43. The van der Waals surface area contributed by atoms with Crippen molar-refractivity contribution in [2.45, 2.75) is 38.6 Å². The Labute approximate surface area is 90.8 Å². The molecule has 2 saturated heterocycles. The van der Waals surface area contributed by atoms with Crippen LogP contribution in [-0.2, 0) is 9.47 Å². The summed E-state index contributed by atoms with van der Waals surface area (Å²) in [6.45, 7) is 6.26.